The lowest BCUT2D eigenvalue weighted by molar-refractivity contribution is 0.0771. The van der Waals surface area contributed by atoms with E-state index in [0.717, 1.165) is 5.69 Å². The lowest BCUT2D eigenvalue weighted by Gasteiger charge is -2.35. The number of amides is 2. The Kier molecular flexibility index (Phi) is 7.79. The first-order valence-electron chi connectivity index (χ1n) is 13.7. The Morgan fingerprint density at radius 1 is 1.22 bits per heavy atom. The number of H-pyrrole nitrogens is 1. The number of anilines is 3. The summed E-state index contributed by atoms with van der Waals surface area (Å²) in [6.07, 6.45) is 2.63. The number of hydrogen-bond donors (Lipinski definition) is 4. The third-order valence-electron chi connectivity index (χ3n) is 7.60. The smallest absolute Gasteiger partial charge is 0.323 e. The van der Waals surface area contributed by atoms with E-state index in [-0.39, 0.29) is 18.2 Å². The van der Waals surface area contributed by atoms with E-state index in [4.69, 9.17) is 14.7 Å². The van der Waals surface area contributed by atoms with Crippen LogP contribution in [0.15, 0.2) is 36.5 Å². The molecule has 0 radical (unpaired) electrons. The van der Waals surface area contributed by atoms with Crippen LogP contribution in [0, 0.1) is 6.92 Å². The first-order valence-corrected chi connectivity index (χ1v) is 15.4. The summed E-state index contributed by atoms with van der Waals surface area (Å²) in [7, 11) is -3.59. The highest BCUT2D eigenvalue weighted by molar-refractivity contribution is 7.92. The Morgan fingerprint density at radius 3 is 2.56 bits per heavy atom. The number of aromatic amines is 1. The first-order chi connectivity index (χ1) is 19.4. The second kappa shape index (κ2) is 11.0. The van der Waals surface area contributed by atoms with E-state index in [9.17, 15) is 18.3 Å². The number of morpholine rings is 1. The maximum Gasteiger partial charge on any atom is 0.323 e. The molecule has 2 fully saturated rings. The van der Waals surface area contributed by atoms with Crippen molar-refractivity contribution in [2.45, 2.75) is 63.3 Å². The number of sulfone groups is 1. The third kappa shape index (κ3) is 6.36. The van der Waals surface area contributed by atoms with Gasteiger partial charge in [-0.25, -0.2) is 23.2 Å². The molecule has 1 atom stereocenters. The summed E-state index contributed by atoms with van der Waals surface area (Å²) in [4.78, 5) is 24.2. The van der Waals surface area contributed by atoms with Crippen LogP contribution in [0.1, 0.15) is 51.4 Å². The van der Waals surface area contributed by atoms with Crippen molar-refractivity contribution in [3.8, 4) is 11.4 Å². The number of carbonyl (C=O) groups is 1. The number of aryl methyl sites for hydroxylation is 1. The van der Waals surface area contributed by atoms with Gasteiger partial charge in [0.1, 0.15) is 10.6 Å². The van der Waals surface area contributed by atoms with E-state index in [1.54, 1.807) is 44.2 Å². The lowest BCUT2D eigenvalue weighted by atomic mass is 10.1. The summed E-state index contributed by atoms with van der Waals surface area (Å²) in [6.45, 7) is 8.81. The van der Waals surface area contributed by atoms with Crippen LogP contribution in [-0.4, -0.2) is 76.9 Å². The molecule has 0 bridgehead atoms. The topological polar surface area (TPSA) is 162 Å². The molecule has 1 saturated carbocycles. The summed E-state index contributed by atoms with van der Waals surface area (Å²) in [5.74, 6) is 0.937. The number of benzene rings is 1. The minimum Gasteiger partial charge on any atom is -0.390 e. The molecule has 3 aromatic rings. The minimum absolute atomic E-state index is 0.0604. The van der Waals surface area contributed by atoms with Crippen molar-refractivity contribution < 1.29 is 23.1 Å². The van der Waals surface area contributed by atoms with E-state index in [1.165, 1.54) is 6.20 Å². The van der Waals surface area contributed by atoms with Crippen LogP contribution in [-0.2, 0) is 19.3 Å². The number of aromatic nitrogens is 4. The van der Waals surface area contributed by atoms with Crippen molar-refractivity contribution in [1.82, 2.24) is 20.2 Å². The predicted molar refractivity (Wildman–Crippen MR) is 157 cm³/mol. The Morgan fingerprint density at radius 2 is 1.95 bits per heavy atom. The molecule has 2 amide bonds. The highest BCUT2D eigenvalue weighted by Gasteiger charge is 2.57. The van der Waals surface area contributed by atoms with Gasteiger partial charge in [0.25, 0.3) is 0 Å². The fourth-order valence-corrected chi connectivity index (χ4v) is 7.20. The number of nitrogens with zero attached hydrogens (tertiary/aromatic N) is 4. The second-order valence-electron chi connectivity index (χ2n) is 11.5. The van der Waals surface area contributed by atoms with Gasteiger partial charge in [-0.3, -0.25) is 5.10 Å². The molecule has 0 spiro atoms. The first kappa shape index (κ1) is 29.0. The average Bonchev–Trinajstić information content (AvgIpc) is 3.66. The Labute approximate surface area is 239 Å². The summed E-state index contributed by atoms with van der Waals surface area (Å²) in [5, 5.41) is 22.4. The molecule has 2 aliphatic rings. The summed E-state index contributed by atoms with van der Waals surface area (Å²) in [5.41, 5.74) is 1.98. The number of ether oxygens (including phenoxy) is 1. The molecule has 3 heterocycles. The third-order valence-corrected chi connectivity index (χ3v) is 10.2. The molecule has 220 valence electrons. The zero-order valence-corrected chi connectivity index (χ0v) is 24.6. The van der Waals surface area contributed by atoms with Gasteiger partial charge >= 0.3 is 6.03 Å². The van der Waals surface area contributed by atoms with Crippen LogP contribution in [0.2, 0.25) is 0 Å². The zero-order chi connectivity index (χ0) is 29.4. The van der Waals surface area contributed by atoms with Crippen LogP contribution in [0.3, 0.4) is 0 Å². The number of hydrogen-bond acceptors (Lipinski definition) is 9. The second-order valence-corrected chi connectivity index (χ2v) is 13.9. The van der Waals surface area contributed by atoms with E-state index in [2.05, 4.69) is 25.7 Å². The predicted octanol–water partition coefficient (Wildman–Crippen LogP) is 3.61. The maximum atomic E-state index is 13.6. The van der Waals surface area contributed by atoms with Crippen LogP contribution < -0.4 is 15.5 Å². The molecule has 1 aliphatic carbocycles. The van der Waals surface area contributed by atoms with Crippen LogP contribution in [0.5, 0.6) is 0 Å². The Hall–Kier alpha value is -3.55. The van der Waals surface area contributed by atoms with E-state index >= 15 is 0 Å². The summed E-state index contributed by atoms with van der Waals surface area (Å²) >= 11 is 0. The zero-order valence-electron chi connectivity index (χ0n) is 23.8. The van der Waals surface area contributed by atoms with E-state index in [1.807, 2.05) is 13.8 Å². The van der Waals surface area contributed by atoms with Crippen LogP contribution in [0.25, 0.3) is 11.4 Å². The highest BCUT2D eigenvalue weighted by atomic mass is 32.2. The molecular weight excluding hydrogens is 546 g/mol. The molecular formula is C28H37N7O5S. The number of urea groups is 1. The molecule has 13 heteroatoms. The van der Waals surface area contributed by atoms with E-state index in [0.29, 0.717) is 66.9 Å². The van der Waals surface area contributed by atoms with Crippen molar-refractivity contribution in [3.05, 3.63) is 47.9 Å². The van der Waals surface area contributed by atoms with Gasteiger partial charge in [-0.2, -0.15) is 5.10 Å². The number of nitrogens with one attached hydrogen (secondary N) is 3. The largest absolute Gasteiger partial charge is 0.390 e. The monoisotopic (exact) mass is 583 g/mol. The molecule has 5 rings (SSSR count). The minimum atomic E-state index is -3.59. The van der Waals surface area contributed by atoms with Crippen molar-refractivity contribution >= 4 is 33.1 Å². The van der Waals surface area contributed by atoms with Gasteiger partial charge < -0.3 is 25.4 Å². The summed E-state index contributed by atoms with van der Waals surface area (Å²) in [6, 6.07) is 8.55. The fourth-order valence-electron chi connectivity index (χ4n) is 4.90. The molecule has 2 aromatic heterocycles. The molecule has 1 aromatic carbocycles. The fraction of sp³-hybridized carbons (Fsp3) is 0.500. The molecule has 0 unspecified atom stereocenters. The Bertz CT molecular complexity index is 1510. The van der Waals surface area contributed by atoms with Gasteiger partial charge in [-0.1, -0.05) is 0 Å². The van der Waals surface area contributed by atoms with Crippen LogP contribution in [0.4, 0.5) is 22.0 Å². The highest BCUT2D eigenvalue weighted by Crippen LogP contribution is 2.53. The molecule has 4 N–H and O–H groups in total. The molecule has 1 saturated heterocycles. The number of carbonyl (C=O) groups excluding carboxylic acids is 1. The normalized spacial score (nSPS) is 18.7. The van der Waals surface area contributed by atoms with Gasteiger partial charge in [0.2, 0.25) is 0 Å². The number of rotatable bonds is 9. The van der Waals surface area contributed by atoms with Crippen molar-refractivity contribution in [3.63, 3.8) is 0 Å². The standard InChI is InChI=1S/C28H37N7O5S/c1-18-17-40-13-12-35(18)24-15-23(28(9-10-28)41(38,39)14-11-27(3,4)37)32-25(33-24)20-5-7-21(8-6-20)30-26(36)31-22-16-29-34-19(22)2/h5-8,15-16,18,37H,9-14,17H2,1-4H3,(H,29,34)(H2,30,31,36)/t18-/m0/s1. The average molecular weight is 584 g/mol. The van der Waals surface area contributed by atoms with Crippen LogP contribution >= 0.6 is 0 Å². The van der Waals surface area contributed by atoms with Gasteiger partial charge in [-0.15, -0.1) is 0 Å². The number of aliphatic hydroxyl groups is 1. The van der Waals surface area contributed by atoms with Gasteiger partial charge in [0.15, 0.2) is 15.7 Å². The lowest BCUT2D eigenvalue weighted by Crippen LogP contribution is -2.44. The van der Waals surface area contributed by atoms with Crippen molar-refractivity contribution in [2.24, 2.45) is 0 Å². The summed E-state index contributed by atoms with van der Waals surface area (Å²) < 4.78 is 31.7. The SMILES string of the molecule is Cc1[nH]ncc1NC(=O)Nc1ccc(-c2nc(N3CCOC[C@@H]3C)cc(C3(S(=O)(=O)CCC(C)(C)O)CC3)n2)cc1. The molecule has 41 heavy (non-hydrogen) atoms. The Balaban J connectivity index is 1.44. The van der Waals surface area contributed by atoms with Crippen molar-refractivity contribution in [1.29, 1.82) is 0 Å². The quantitative estimate of drug-likeness (QED) is 0.295. The van der Waals surface area contributed by atoms with Gasteiger partial charge in [-0.05, 0) is 71.2 Å². The molecule has 12 nitrogen and oxygen atoms in total. The maximum absolute atomic E-state index is 13.6. The van der Waals surface area contributed by atoms with Gasteiger partial charge in [0.05, 0.1) is 53.9 Å². The molecule has 1 aliphatic heterocycles. The van der Waals surface area contributed by atoms with Gasteiger partial charge in [0, 0.05) is 23.9 Å². The van der Waals surface area contributed by atoms with Crippen molar-refractivity contribution in [2.75, 3.05) is 41.0 Å². The van der Waals surface area contributed by atoms with E-state index < -0.39 is 26.2 Å².